The number of nitrogens with zero attached hydrogens (tertiary/aromatic N) is 1. The molecule has 3 atom stereocenters. The van der Waals surface area contributed by atoms with Crippen LogP contribution in [-0.4, -0.2) is 24.8 Å². The Morgan fingerprint density at radius 3 is 2.50 bits per heavy atom. The smallest absolute Gasteiger partial charge is 0.248 e. The molecule has 1 aromatic carbocycles. The minimum atomic E-state index is -2.59. The highest BCUT2D eigenvalue weighted by atomic mass is 32.2. The van der Waals surface area contributed by atoms with Crippen LogP contribution in [-0.2, 0) is 11.0 Å². The molecule has 30 heavy (non-hydrogen) atoms. The summed E-state index contributed by atoms with van der Waals surface area (Å²) in [7, 11) is -1.52. The topological polar surface area (TPSA) is 97.8 Å². The van der Waals surface area contributed by atoms with Crippen molar-refractivity contribution < 1.29 is 13.0 Å². The van der Waals surface area contributed by atoms with Gasteiger partial charge in [-0.15, -0.1) is 0 Å². The Hall–Kier alpha value is -1.38. The van der Waals surface area contributed by atoms with Crippen molar-refractivity contribution >= 4 is 22.0 Å². The Balaban J connectivity index is 1.65. The third-order valence-electron chi connectivity index (χ3n) is 6.98. The average Bonchev–Trinajstić information content (AvgIpc) is 3.44. The van der Waals surface area contributed by atoms with Crippen LogP contribution in [0, 0.1) is 11.8 Å². The molecule has 2 saturated carbocycles. The summed E-state index contributed by atoms with van der Waals surface area (Å²) in [5, 5.41) is 5.74. The SMILES string of the molecule is CC(C)(C[C@H](c1nc2ccc([C@@H](N)C3CC3)cc2[nH]1)C1CCC(F)(F)CC1)S(N)=O. The second kappa shape index (κ2) is 7.95. The van der Waals surface area contributed by atoms with Gasteiger partial charge in [-0.25, -0.2) is 18.0 Å². The Labute approximate surface area is 179 Å². The first-order valence-corrected chi connectivity index (χ1v) is 12.1. The highest BCUT2D eigenvalue weighted by Gasteiger charge is 2.41. The Kier molecular flexibility index (Phi) is 5.79. The Morgan fingerprint density at radius 2 is 1.90 bits per heavy atom. The van der Waals surface area contributed by atoms with Crippen LogP contribution in [0.4, 0.5) is 8.78 Å². The summed E-state index contributed by atoms with van der Waals surface area (Å²) in [6.45, 7) is 3.73. The van der Waals surface area contributed by atoms with E-state index in [1.54, 1.807) is 0 Å². The molecule has 1 heterocycles. The van der Waals surface area contributed by atoms with Gasteiger partial charge in [0.05, 0.1) is 26.8 Å². The van der Waals surface area contributed by atoms with Crippen LogP contribution in [0.5, 0.6) is 0 Å². The van der Waals surface area contributed by atoms with E-state index >= 15 is 0 Å². The molecule has 0 saturated heterocycles. The van der Waals surface area contributed by atoms with E-state index in [1.807, 2.05) is 26.0 Å². The quantitative estimate of drug-likeness (QED) is 0.586. The number of halogens is 2. The summed E-state index contributed by atoms with van der Waals surface area (Å²) in [5.74, 6) is -1.30. The lowest BCUT2D eigenvalue weighted by Gasteiger charge is -2.36. The third kappa shape index (κ3) is 4.60. The molecule has 166 valence electrons. The molecule has 5 nitrogen and oxygen atoms in total. The van der Waals surface area contributed by atoms with Crippen molar-refractivity contribution in [3.05, 3.63) is 29.6 Å². The predicted molar refractivity (Wildman–Crippen MR) is 116 cm³/mol. The van der Waals surface area contributed by atoms with Crippen LogP contribution >= 0.6 is 0 Å². The lowest BCUT2D eigenvalue weighted by Crippen LogP contribution is -2.37. The van der Waals surface area contributed by atoms with Crippen LogP contribution in [0.15, 0.2) is 18.2 Å². The zero-order valence-corrected chi connectivity index (χ0v) is 18.5. The minimum Gasteiger partial charge on any atom is -0.342 e. The van der Waals surface area contributed by atoms with Crippen molar-refractivity contribution in [1.82, 2.24) is 9.97 Å². The van der Waals surface area contributed by atoms with Crippen molar-refractivity contribution in [2.24, 2.45) is 22.7 Å². The summed E-state index contributed by atoms with van der Waals surface area (Å²) in [6.07, 6.45) is 3.52. The largest absolute Gasteiger partial charge is 0.342 e. The summed E-state index contributed by atoms with van der Waals surface area (Å²) < 4.78 is 39.0. The molecule has 1 unspecified atom stereocenters. The van der Waals surface area contributed by atoms with Crippen LogP contribution in [0.25, 0.3) is 11.0 Å². The van der Waals surface area contributed by atoms with Gasteiger partial charge in [0.1, 0.15) is 5.82 Å². The molecule has 0 aliphatic heterocycles. The fourth-order valence-corrected chi connectivity index (χ4v) is 5.06. The molecule has 4 rings (SSSR count). The Morgan fingerprint density at radius 1 is 1.23 bits per heavy atom. The number of nitrogens with two attached hydrogens (primary N) is 2. The average molecular weight is 439 g/mol. The molecule has 2 aliphatic rings. The number of fused-ring (bicyclic) bond motifs is 1. The van der Waals surface area contributed by atoms with E-state index in [2.05, 4.69) is 11.1 Å². The summed E-state index contributed by atoms with van der Waals surface area (Å²) in [6, 6.07) is 6.11. The molecule has 0 spiro atoms. The monoisotopic (exact) mass is 438 g/mol. The van der Waals surface area contributed by atoms with E-state index in [0.29, 0.717) is 25.2 Å². The molecule has 2 fully saturated rings. The molecule has 1 aromatic heterocycles. The molecule has 8 heteroatoms. The fraction of sp³-hybridized carbons (Fsp3) is 0.682. The minimum absolute atomic E-state index is 0.0381. The molecule has 2 aliphatic carbocycles. The van der Waals surface area contributed by atoms with Gasteiger partial charge in [-0.05, 0) is 75.5 Å². The van der Waals surface area contributed by atoms with Crippen LogP contribution in [0.2, 0.25) is 0 Å². The number of hydrogen-bond donors (Lipinski definition) is 3. The van der Waals surface area contributed by atoms with Crippen molar-refractivity contribution in [3.8, 4) is 0 Å². The van der Waals surface area contributed by atoms with E-state index < -0.39 is 21.7 Å². The van der Waals surface area contributed by atoms with Gasteiger partial charge in [0.2, 0.25) is 5.92 Å². The molecule has 2 aromatic rings. The maximum absolute atomic E-state index is 13.8. The number of rotatable bonds is 7. The van der Waals surface area contributed by atoms with E-state index in [0.717, 1.165) is 22.4 Å². The van der Waals surface area contributed by atoms with Gasteiger partial charge in [0, 0.05) is 24.8 Å². The van der Waals surface area contributed by atoms with Crippen molar-refractivity contribution in [2.75, 3.05) is 0 Å². The molecule has 5 N–H and O–H groups in total. The van der Waals surface area contributed by atoms with Gasteiger partial charge in [0.25, 0.3) is 0 Å². The van der Waals surface area contributed by atoms with E-state index in [4.69, 9.17) is 15.9 Å². The molecule has 0 amide bonds. The zero-order chi connectivity index (χ0) is 21.7. The van der Waals surface area contributed by atoms with Gasteiger partial charge in [0.15, 0.2) is 0 Å². The van der Waals surface area contributed by atoms with Gasteiger partial charge in [-0.3, -0.25) is 5.14 Å². The number of imidazole rings is 1. The third-order valence-corrected chi connectivity index (χ3v) is 8.23. The van der Waals surface area contributed by atoms with Crippen molar-refractivity contribution in [2.45, 2.75) is 81.4 Å². The van der Waals surface area contributed by atoms with Gasteiger partial charge < -0.3 is 10.7 Å². The van der Waals surface area contributed by atoms with E-state index in [-0.39, 0.29) is 30.7 Å². The number of benzene rings is 1. The number of H-pyrrole nitrogens is 1. The lowest BCUT2D eigenvalue weighted by molar-refractivity contribution is -0.0493. The molecule has 0 bridgehead atoms. The van der Waals surface area contributed by atoms with E-state index in [9.17, 15) is 13.0 Å². The van der Waals surface area contributed by atoms with Crippen LogP contribution < -0.4 is 10.9 Å². The molecular formula is C22H32F2N4OS. The predicted octanol–water partition coefficient (Wildman–Crippen LogP) is 4.67. The van der Waals surface area contributed by atoms with Crippen molar-refractivity contribution in [3.63, 3.8) is 0 Å². The highest BCUT2D eigenvalue weighted by Crippen LogP contribution is 2.45. The summed E-state index contributed by atoms with van der Waals surface area (Å²) >= 11 is 0. The number of alkyl halides is 2. The van der Waals surface area contributed by atoms with Gasteiger partial charge in [-0.1, -0.05) is 6.07 Å². The lowest BCUT2D eigenvalue weighted by atomic mass is 9.75. The van der Waals surface area contributed by atoms with Crippen molar-refractivity contribution in [1.29, 1.82) is 0 Å². The summed E-state index contributed by atoms with van der Waals surface area (Å²) in [5.41, 5.74) is 9.21. The fourth-order valence-electron chi connectivity index (χ4n) is 4.72. The zero-order valence-electron chi connectivity index (χ0n) is 17.7. The highest BCUT2D eigenvalue weighted by molar-refractivity contribution is 7.84. The second-order valence-electron chi connectivity index (χ2n) is 9.82. The normalized spacial score (nSPS) is 23.4. The maximum atomic E-state index is 13.8. The first-order chi connectivity index (χ1) is 14.1. The van der Waals surface area contributed by atoms with Crippen LogP contribution in [0.1, 0.15) is 82.1 Å². The number of aromatic nitrogens is 2. The second-order valence-corrected chi connectivity index (χ2v) is 11.5. The van der Waals surface area contributed by atoms with E-state index in [1.165, 1.54) is 12.8 Å². The first-order valence-electron chi connectivity index (χ1n) is 10.8. The number of hydrogen-bond acceptors (Lipinski definition) is 3. The molecular weight excluding hydrogens is 406 g/mol. The number of nitrogens with one attached hydrogen (secondary N) is 1. The maximum Gasteiger partial charge on any atom is 0.248 e. The number of aromatic amines is 1. The van der Waals surface area contributed by atoms with Gasteiger partial charge in [-0.2, -0.15) is 0 Å². The molecule has 0 radical (unpaired) electrons. The first kappa shape index (κ1) is 21.8. The van der Waals surface area contributed by atoms with Crippen LogP contribution in [0.3, 0.4) is 0 Å². The summed E-state index contributed by atoms with van der Waals surface area (Å²) in [4.78, 5) is 8.24. The van der Waals surface area contributed by atoms with Gasteiger partial charge >= 0.3 is 0 Å². The Bertz CT molecular complexity index is 930. The standard InChI is InChI=1S/C22H32F2N4OS/c1-21(2,30(26)29)12-16(13-7-9-22(23,24)10-8-13)20-27-17-6-5-15(11-18(17)28-20)19(25)14-3-4-14/h5-6,11,13-14,16,19H,3-4,7-10,12,25-26H2,1-2H3,(H,27,28)/t16-,19-,30?/m0/s1.